The summed E-state index contributed by atoms with van der Waals surface area (Å²) in [6.45, 7) is 3.82. The summed E-state index contributed by atoms with van der Waals surface area (Å²) in [5.74, 6) is 0.0787. The number of aliphatic hydroxyl groups is 1. The van der Waals surface area contributed by atoms with Crippen LogP contribution in [0.3, 0.4) is 0 Å². The Morgan fingerprint density at radius 1 is 1.44 bits per heavy atom. The first-order valence-corrected chi connectivity index (χ1v) is 6.17. The van der Waals surface area contributed by atoms with Crippen molar-refractivity contribution in [2.24, 2.45) is 0 Å². The summed E-state index contributed by atoms with van der Waals surface area (Å²) in [5.41, 5.74) is 0.708. The summed E-state index contributed by atoms with van der Waals surface area (Å²) in [7, 11) is 0. The van der Waals surface area contributed by atoms with Gasteiger partial charge in [0.25, 0.3) is 0 Å². The summed E-state index contributed by atoms with van der Waals surface area (Å²) < 4.78 is 0.815. The largest absolute Gasteiger partial charge is 0.506 e. The van der Waals surface area contributed by atoms with Crippen LogP contribution < -0.4 is 5.32 Å². The zero-order valence-corrected chi connectivity index (χ0v) is 11.5. The fourth-order valence-electron chi connectivity index (χ4n) is 1.49. The number of nitrogens with one attached hydrogen (secondary N) is 1. The summed E-state index contributed by atoms with van der Waals surface area (Å²) in [4.78, 5) is 0. The van der Waals surface area contributed by atoms with E-state index in [0.717, 1.165) is 4.47 Å². The molecule has 0 aliphatic rings. The molecule has 0 bridgehead atoms. The van der Waals surface area contributed by atoms with Gasteiger partial charge >= 0.3 is 0 Å². The topological polar surface area (TPSA) is 52.5 Å². The van der Waals surface area contributed by atoms with E-state index in [2.05, 4.69) is 21.2 Å². The molecule has 16 heavy (non-hydrogen) atoms. The number of phenols is 1. The molecule has 0 aromatic heterocycles. The van der Waals surface area contributed by atoms with Crippen molar-refractivity contribution in [3.05, 3.63) is 27.2 Å². The molecule has 0 fully saturated rings. The Kier molecular flexibility index (Phi) is 5.05. The van der Waals surface area contributed by atoms with Gasteiger partial charge in [-0.25, -0.2) is 0 Å². The predicted octanol–water partition coefficient (Wildman–Crippen LogP) is 2.84. The van der Waals surface area contributed by atoms with Crippen LogP contribution in [0.1, 0.15) is 25.5 Å². The number of aliphatic hydroxyl groups excluding tert-OH is 1. The Bertz CT molecular complexity index is 373. The predicted molar refractivity (Wildman–Crippen MR) is 68.9 cm³/mol. The lowest BCUT2D eigenvalue weighted by molar-refractivity contribution is 0.242. The quantitative estimate of drug-likeness (QED) is 0.802. The van der Waals surface area contributed by atoms with E-state index in [0.29, 0.717) is 10.6 Å². The van der Waals surface area contributed by atoms with Crippen molar-refractivity contribution in [3.8, 4) is 5.75 Å². The van der Waals surface area contributed by atoms with Crippen LogP contribution in [-0.4, -0.2) is 22.9 Å². The van der Waals surface area contributed by atoms with Crippen molar-refractivity contribution in [2.45, 2.75) is 25.9 Å². The monoisotopic (exact) mass is 307 g/mol. The summed E-state index contributed by atoms with van der Waals surface area (Å²) in [6, 6.07) is 3.33. The van der Waals surface area contributed by atoms with Crippen LogP contribution in [0.25, 0.3) is 0 Å². The lowest BCUT2D eigenvalue weighted by Crippen LogP contribution is -2.31. The SMILES string of the molecule is CC(N[C@H](C)CO)c1cc(Br)cc(Cl)c1O. The summed E-state index contributed by atoms with van der Waals surface area (Å²) in [5, 5.41) is 22.2. The molecule has 0 spiro atoms. The van der Waals surface area contributed by atoms with Gasteiger partial charge in [-0.3, -0.25) is 0 Å². The van der Waals surface area contributed by atoms with Gasteiger partial charge in [-0.05, 0) is 26.0 Å². The molecule has 1 unspecified atom stereocenters. The summed E-state index contributed by atoms with van der Waals surface area (Å²) >= 11 is 9.20. The van der Waals surface area contributed by atoms with Crippen LogP contribution in [0, 0.1) is 0 Å². The minimum Gasteiger partial charge on any atom is -0.506 e. The van der Waals surface area contributed by atoms with Gasteiger partial charge in [-0.2, -0.15) is 0 Å². The Morgan fingerprint density at radius 2 is 2.06 bits per heavy atom. The third-order valence-corrected chi connectivity index (χ3v) is 3.08. The first-order valence-electron chi connectivity index (χ1n) is 5.00. The van der Waals surface area contributed by atoms with Gasteiger partial charge in [0.2, 0.25) is 0 Å². The molecule has 1 aromatic carbocycles. The van der Waals surface area contributed by atoms with E-state index in [-0.39, 0.29) is 24.4 Å². The zero-order chi connectivity index (χ0) is 12.3. The number of halogens is 2. The van der Waals surface area contributed by atoms with Crippen molar-refractivity contribution in [1.82, 2.24) is 5.32 Å². The second kappa shape index (κ2) is 5.87. The molecular formula is C11H15BrClNO2. The minimum absolute atomic E-state index is 0.0350. The summed E-state index contributed by atoms with van der Waals surface area (Å²) in [6.07, 6.45) is 0. The standard InChI is InChI=1S/C11H15BrClNO2/c1-6(5-15)14-7(2)9-3-8(12)4-10(13)11(9)16/h3-4,6-7,14-16H,5H2,1-2H3/t6-,7?/m1/s1. The molecule has 2 atom stereocenters. The normalized spacial score (nSPS) is 14.8. The molecule has 0 radical (unpaired) electrons. The van der Waals surface area contributed by atoms with Gasteiger partial charge in [0.1, 0.15) is 5.75 Å². The highest BCUT2D eigenvalue weighted by molar-refractivity contribution is 9.10. The Morgan fingerprint density at radius 3 is 2.62 bits per heavy atom. The van der Waals surface area contributed by atoms with Gasteiger partial charge < -0.3 is 15.5 Å². The molecule has 0 heterocycles. The van der Waals surface area contributed by atoms with E-state index in [1.807, 2.05) is 19.9 Å². The van der Waals surface area contributed by atoms with Gasteiger partial charge in [-0.1, -0.05) is 27.5 Å². The van der Waals surface area contributed by atoms with Crippen molar-refractivity contribution in [3.63, 3.8) is 0 Å². The van der Waals surface area contributed by atoms with Crippen LogP contribution >= 0.6 is 27.5 Å². The number of hydrogen-bond acceptors (Lipinski definition) is 3. The fourth-order valence-corrected chi connectivity index (χ4v) is 2.32. The van der Waals surface area contributed by atoms with Gasteiger partial charge in [0, 0.05) is 22.1 Å². The van der Waals surface area contributed by atoms with Crippen LogP contribution in [0.4, 0.5) is 0 Å². The lowest BCUT2D eigenvalue weighted by atomic mass is 10.1. The molecule has 5 heteroatoms. The van der Waals surface area contributed by atoms with Crippen molar-refractivity contribution in [1.29, 1.82) is 0 Å². The van der Waals surface area contributed by atoms with Crippen LogP contribution in [0.2, 0.25) is 5.02 Å². The van der Waals surface area contributed by atoms with Crippen molar-refractivity contribution >= 4 is 27.5 Å². The second-order valence-electron chi connectivity index (χ2n) is 3.80. The Labute approximate surface area is 109 Å². The molecule has 0 amide bonds. The van der Waals surface area contributed by atoms with E-state index in [1.165, 1.54) is 0 Å². The Balaban J connectivity index is 2.94. The molecule has 1 rings (SSSR count). The van der Waals surface area contributed by atoms with E-state index < -0.39 is 0 Å². The van der Waals surface area contributed by atoms with E-state index >= 15 is 0 Å². The van der Waals surface area contributed by atoms with E-state index in [4.69, 9.17) is 16.7 Å². The highest BCUT2D eigenvalue weighted by Gasteiger charge is 2.15. The average Bonchev–Trinajstić information content (AvgIpc) is 2.22. The maximum absolute atomic E-state index is 9.82. The zero-order valence-electron chi connectivity index (χ0n) is 9.17. The molecule has 0 saturated heterocycles. The molecule has 0 saturated carbocycles. The highest BCUT2D eigenvalue weighted by atomic mass is 79.9. The Hall–Kier alpha value is -0.290. The van der Waals surface area contributed by atoms with E-state index in [9.17, 15) is 5.11 Å². The number of benzene rings is 1. The smallest absolute Gasteiger partial charge is 0.139 e. The minimum atomic E-state index is -0.0860. The highest BCUT2D eigenvalue weighted by Crippen LogP contribution is 2.34. The van der Waals surface area contributed by atoms with Gasteiger partial charge in [-0.15, -0.1) is 0 Å². The second-order valence-corrected chi connectivity index (χ2v) is 5.12. The number of aromatic hydroxyl groups is 1. The van der Waals surface area contributed by atoms with E-state index in [1.54, 1.807) is 6.07 Å². The maximum atomic E-state index is 9.82. The lowest BCUT2D eigenvalue weighted by Gasteiger charge is -2.20. The van der Waals surface area contributed by atoms with Gasteiger partial charge in [0.15, 0.2) is 0 Å². The molecule has 3 nitrogen and oxygen atoms in total. The molecule has 0 aliphatic carbocycles. The molecule has 3 N–H and O–H groups in total. The van der Waals surface area contributed by atoms with Crippen molar-refractivity contribution < 1.29 is 10.2 Å². The number of phenolic OH excluding ortho intramolecular Hbond substituents is 1. The third-order valence-electron chi connectivity index (χ3n) is 2.33. The van der Waals surface area contributed by atoms with Gasteiger partial charge in [0.05, 0.1) is 11.6 Å². The fraction of sp³-hybridized carbons (Fsp3) is 0.455. The van der Waals surface area contributed by atoms with Crippen LogP contribution in [-0.2, 0) is 0 Å². The molecule has 90 valence electrons. The van der Waals surface area contributed by atoms with Crippen LogP contribution in [0.15, 0.2) is 16.6 Å². The first kappa shape index (κ1) is 13.8. The number of rotatable bonds is 4. The third kappa shape index (κ3) is 3.35. The molecule has 1 aromatic rings. The maximum Gasteiger partial charge on any atom is 0.139 e. The first-order chi connectivity index (χ1) is 7.45. The van der Waals surface area contributed by atoms with Crippen molar-refractivity contribution in [2.75, 3.05) is 6.61 Å². The number of hydrogen-bond donors (Lipinski definition) is 3. The molecular weight excluding hydrogens is 293 g/mol. The van der Waals surface area contributed by atoms with Crippen LogP contribution in [0.5, 0.6) is 5.75 Å². The molecule has 0 aliphatic heterocycles. The average molecular weight is 309 g/mol.